The molecule has 0 amide bonds. The zero-order valence-corrected chi connectivity index (χ0v) is 13.2. The van der Waals surface area contributed by atoms with Crippen molar-refractivity contribution in [3.63, 3.8) is 0 Å². The van der Waals surface area contributed by atoms with Gasteiger partial charge in [0.1, 0.15) is 4.88 Å². The van der Waals surface area contributed by atoms with Gasteiger partial charge in [-0.1, -0.05) is 23.8 Å². The van der Waals surface area contributed by atoms with Gasteiger partial charge in [0.2, 0.25) is 5.88 Å². The first kappa shape index (κ1) is 16.3. The van der Waals surface area contributed by atoms with Gasteiger partial charge in [-0.3, -0.25) is 0 Å². The normalized spacial score (nSPS) is 11.5. The molecule has 0 atom stereocenters. The van der Waals surface area contributed by atoms with Crippen LogP contribution in [0.2, 0.25) is 0 Å². The van der Waals surface area contributed by atoms with Gasteiger partial charge in [0.25, 0.3) is 0 Å². The summed E-state index contributed by atoms with van der Waals surface area (Å²) in [5.41, 5.74) is 0.182. The number of hydrogen-bond donors (Lipinski definition) is 0. The Bertz CT molecular complexity index is 853. The zero-order chi connectivity index (χ0) is 17.3. The Morgan fingerprint density at radius 3 is 2.50 bits per heavy atom. The molecule has 0 saturated heterocycles. The summed E-state index contributed by atoms with van der Waals surface area (Å²) in [5.74, 6) is -1.02. The molecule has 124 valence electrons. The van der Waals surface area contributed by atoms with Crippen LogP contribution < -0.4 is 4.74 Å². The molecule has 0 aliphatic rings. The fourth-order valence-corrected chi connectivity index (χ4v) is 2.58. The number of aryl methyl sites for hydroxylation is 1. The summed E-state index contributed by atoms with van der Waals surface area (Å²) in [6.45, 7) is 1.85. The van der Waals surface area contributed by atoms with Crippen molar-refractivity contribution in [3.05, 3.63) is 64.0 Å². The number of hydrogen-bond acceptors (Lipinski definition) is 4. The van der Waals surface area contributed by atoms with Gasteiger partial charge >= 0.3 is 12.1 Å². The molecule has 0 saturated carbocycles. The van der Waals surface area contributed by atoms with Crippen LogP contribution in [-0.2, 0) is 6.18 Å². The second kappa shape index (κ2) is 6.12. The van der Waals surface area contributed by atoms with Gasteiger partial charge in [0.05, 0.1) is 5.69 Å². The van der Waals surface area contributed by atoms with E-state index in [1.54, 1.807) is 35.7 Å². The molecule has 0 spiro atoms. The lowest BCUT2D eigenvalue weighted by atomic mass is 10.2. The van der Waals surface area contributed by atoms with Crippen molar-refractivity contribution in [1.29, 1.82) is 0 Å². The van der Waals surface area contributed by atoms with E-state index in [4.69, 9.17) is 4.74 Å². The molecule has 0 fully saturated rings. The summed E-state index contributed by atoms with van der Waals surface area (Å²) in [7, 11) is 0. The van der Waals surface area contributed by atoms with Crippen molar-refractivity contribution in [2.24, 2.45) is 0 Å². The van der Waals surface area contributed by atoms with E-state index in [0.717, 1.165) is 21.6 Å². The van der Waals surface area contributed by atoms with Crippen LogP contribution in [0.15, 0.2) is 47.8 Å². The van der Waals surface area contributed by atoms with Crippen molar-refractivity contribution in [3.8, 4) is 11.6 Å². The molecule has 0 radical (unpaired) electrons. The summed E-state index contributed by atoms with van der Waals surface area (Å²) in [6.07, 6.45) is -4.64. The first-order valence-electron chi connectivity index (χ1n) is 6.84. The molecule has 3 aromatic rings. The molecule has 2 aromatic heterocycles. The Labute approximate surface area is 139 Å². The summed E-state index contributed by atoms with van der Waals surface area (Å²) >= 11 is 1.14. The molecule has 3 rings (SSSR count). The molecule has 8 heteroatoms. The second-order valence-electron chi connectivity index (χ2n) is 4.98. The van der Waals surface area contributed by atoms with Crippen LogP contribution in [0.3, 0.4) is 0 Å². The lowest BCUT2D eigenvalue weighted by Crippen LogP contribution is -2.10. The monoisotopic (exact) mass is 352 g/mol. The van der Waals surface area contributed by atoms with Crippen LogP contribution in [0.1, 0.15) is 20.9 Å². The highest BCUT2D eigenvalue weighted by Crippen LogP contribution is 2.32. The number of halogens is 3. The van der Waals surface area contributed by atoms with E-state index < -0.39 is 17.8 Å². The summed E-state index contributed by atoms with van der Waals surface area (Å²) in [4.78, 5) is 12.3. The lowest BCUT2D eigenvalue weighted by Gasteiger charge is -2.07. The van der Waals surface area contributed by atoms with Crippen LogP contribution in [0.4, 0.5) is 13.2 Å². The van der Waals surface area contributed by atoms with Gasteiger partial charge in [-0.2, -0.15) is 18.3 Å². The number of carbonyl (C=O) groups is 1. The summed E-state index contributed by atoms with van der Waals surface area (Å²) in [5, 5.41) is 5.21. The molecule has 0 bridgehead atoms. The van der Waals surface area contributed by atoms with Crippen molar-refractivity contribution >= 4 is 17.3 Å². The third-order valence-electron chi connectivity index (χ3n) is 3.17. The minimum atomic E-state index is -4.64. The molecular formula is C16H11F3N2O2S. The number of carbonyl (C=O) groups excluding carboxylic acids is 1. The van der Waals surface area contributed by atoms with Gasteiger partial charge in [0.15, 0.2) is 5.69 Å². The second-order valence-corrected chi connectivity index (χ2v) is 5.93. The van der Waals surface area contributed by atoms with E-state index in [1.807, 2.05) is 6.92 Å². The quantitative estimate of drug-likeness (QED) is 0.653. The zero-order valence-electron chi connectivity index (χ0n) is 12.4. The highest BCUT2D eigenvalue weighted by atomic mass is 32.1. The van der Waals surface area contributed by atoms with Crippen molar-refractivity contribution < 1.29 is 22.7 Å². The highest BCUT2D eigenvalue weighted by molar-refractivity contribution is 7.12. The number of rotatable bonds is 3. The fourth-order valence-electron chi connectivity index (χ4n) is 1.99. The number of benzene rings is 1. The maximum absolute atomic E-state index is 13.0. The van der Waals surface area contributed by atoms with Gasteiger partial charge < -0.3 is 4.74 Å². The van der Waals surface area contributed by atoms with Gasteiger partial charge in [-0.25, -0.2) is 9.48 Å². The Morgan fingerprint density at radius 2 is 1.92 bits per heavy atom. The number of nitrogens with zero attached hydrogens (tertiary/aromatic N) is 2. The van der Waals surface area contributed by atoms with Crippen molar-refractivity contribution in [2.45, 2.75) is 13.1 Å². The number of alkyl halides is 3. The van der Waals surface area contributed by atoms with Crippen LogP contribution in [0, 0.1) is 6.92 Å². The molecule has 0 aliphatic carbocycles. The molecule has 0 unspecified atom stereocenters. The number of esters is 1. The molecule has 1 aromatic carbocycles. The predicted octanol–water partition coefficient (Wildman–Crippen LogP) is 4.48. The largest absolute Gasteiger partial charge is 0.435 e. The van der Waals surface area contributed by atoms with E-state index in [0.29, 0.717) is 16.6 Å². The average molecular weight is 352 g/mol. The Balaban J connectivity index is 2.01. The first-order chi connectivity index (χ1) is 11.3. The van der Waals surface area contributed by atoms with E-state index in [-0.39, 0.29) is 5.88 Å². The summed E-state index contributed by atoms with van der Waals surface area (Å²) in [6, 6.07) is 10.6. The fraction of sp³-hybridized carbons (Fsp3) is 0.125. The van der Waals surface area contributed by atoms with Crippen LogP contribution >= 0.6 is 11.3 Å². The first-order valence-corrected chi connectivity index (χ1v) is 7.72. The SMILES string of the molecule is Cc1ccc(-n2nc(C(F)(F)F)cc2OC(=O)c2cccs2)cc1. The van der Waals surface area contributed by atoms with Crippen molar-refractivity contribution in [2.75, 3.05) is 0 Å². The van der Waals surface area contributed by atoms with Crippen LogP contribution in [0.25, 0.3) is 5.69 Å². The Morgan fingerprint density at radius 1 is 1.21 bits per heavy atom. The molecule has 2 heterocycles. The molecule has 4 nitrogen and oxygen atoms in total. The third kappa shape index (κ3) is 3.33. The molecular weight excluding hydrogens is 341 g/mol. The number of aromatic nitrogens is 2. The highest BCUT2D eigenvalue weighted by Gasteiger charge is 2.36. The number of ether oxygens (including phenoxy) is 1. The molecule has 24 heavy (non-hydrogen) atoms. The summed E-state index contributed by atoms with van der Waals surface area (Å²) < 4.78 is 45.0. The number of thiophene rings is 1. The maximum atomic E-state index is 13.0. The third-order valence-corrected chi connectivity index (χ3v) is 4.02. The average Bonchev–Trinajstić information content (AvgIpc) is 3.16. The predicted molar refractivity (Wildman–Crippen MR) is 82.6 cm³/mol. The Kier molecular flexibility index (Phi) is 4.15. The van der Waals surface area contributed by atoms with Gasteiger partial charge in [-0.15, -0.1) is 11.3 Å². The van der Waals surface area contributed by atoms with Crippen molar-refractivity contribution in [1.82, 2.24) is 9.78 Å². The van der Waals surface area contributed by atoms with E-state index in [2.05, 4.69) is 5.10 Å². The maximum Gasteiger partial charge on any atom is 0.435 e. The minimum Gasteiger partial charge on any atom is -0.403 e. The standard InChI is InChI=1S/C16H11F3N2O2S/c1-10-4-6-11(7-5-10)21-14(9-13(20-21)16(17,18)19)23-15(22)12-3-2-8-24-12/h2-9H,1H3. The van der Waals surface area contributed by atoms with E-state index in [9.17, 15) is 18.0 Å². The lowest BCUT2D eigenvalue weighted by molar-refractivity contribution is -0.141. The van der Waals surface area contributed by atoms with Crippen LogP contribution in [0.5, 0.6) is 5.88 Å². The minimum absolute atomic E-state index is 0.287. The molecule has 0 aliphatic heterocycles. The van der Waals surface area contributed by atoms with Gasteiger partial charge in [0, 0.05) is 6.07 Å². The van der Waals surface area contributed by atoms with E-state index >= 15 is 0 Å². The smallest absolute Gasteiger partial charge is 0.403 e. The van der Waals surface area contributed by atoms with Gasteiger partial charge in [-0.05, 0) is 30.5 Å². The van der Waals surface area contributed by atoms with Crippen LogP contribution in [-0.4, -0.2) is 15.7 Å². The Hall–Kier alpha value is -2.61. The topological polar surface area (TPSA) is 44.1 Å². The van der Waals surface area contributed by atoms with E-state index in [1.165, 1.54) is 6.07 Å². The molecule has 0 N–H and O–H groups in total.